The van der Waals surface area contributed by atoms with Crippen LogP contribution in [0.15, 0.2) is 46.9 Å². The second-order valence-corrected chi connectivity index (χ2v) is 4.38. The summed E-state index contributed by atoms with van der Waals surface area (Å²) < 4.78 is 23.9. The number of halogens is 1. The van der Waals surface area contributed by atoms with Gasteiger partial charge in [-0.15, -0.1) is 0 Å². The van der Waals surface area contributed by atoms with Gasteiger partial charge in [-0.1, -0.05) is 0 Å². The predicted molar refractivity (Wildman–Crippen MR) is 73.5 cm³/mol. The summed E-state index contributed by atoms with van der Waals surface area (Å²) in [5, 5.41) is 0.769. The second-order valence-electron chi connectivity index (χ2n) is 4.38. The van der Waals surface area contributed by atoms with Gasteiger partial charge in [0.05, 0.1) is 7.11 Å². The lowest BCUT2D eigenvalue weighted by molar-refractivity contribution is 0.112. The fraction of sp³-hybridized carbons (Fsp3) is 0.0625. The van der Waals surface area contributed by atoms with E-state index in [0.29, 0.717) is 22.7 Å². The summed E-state index contributed by atoms with van der Waals surface area (Å²) >= 11 is 0. The Hall–Kier alpha value is -2.62. The minimum absolute atomic E-state index is 0.300. The molecule has 1 heterocycles. The van der Waals surface area contributed by atoms with Gasteiger partial charge in [0.2, 0.25) is 0 Å². The van der Waals surface area contributed by atoms with Crippen molar-refractivity contribution in [2.24, 2.45) is 0 Å². The number of hydrogen-bond acceptors (Lipinski definition) is 3. The molecule has 0 saturated heterocycles. The first-order valence-corrected chi connectivity index (χ1v) is 6.04. The molecule has 3 rings (SSSR count). The van der Waals surface area contributed by atoms with Gasteiger partial charge in [-0.2, -0.15) is 0 Å². The lowest BCUT2D eigenvalue weighted by atomic mass is 10.1. The first-order valence-electron chi connectivity index (χ1n) is 6.04. The van der Waals surface area contributed by atoms with Crippen molar-refractivity contribution in [3.05, 3.63) is 53.8 Å². The molecule has 0 N–H and O–H groups in total. The van der Waals surface area contributed by atoms with Crippen LogP contribution in [0.5, 0.6) is 5.75 Å². The highest BCUT2D eigenvalue weighted by atomic mass is 19.1. The van der Waals surface area contributed by atoms with E-state index in [1.165, 1.54) is 19.2 Å². The first-order chi connectivity index (χ1) is 9.71. The van der Waals surface area contributed by atoms with Crippen LogP contribution in [-0.2, 0) is 0 Å². The van der Waals surface area contributed by atoms with Crippen molar-refractivity contribution >= 4 is 17.3 Å². The van der Waals surface area contributed by atoms with Gasteiger partial charge >= 0.3 is 0 Å². The zero-order chi connectivity index (χ0) is 14.1. The molecule has 3 nitrogen and oxygen atoms in total. The van der Waals surface area contributed by atoms with E-state index in [2.05, 4.69) is 0 Å². The van der Waals surface area contributed by atoms with E-state index in [1.807, 2.05) is 0 Å². The maximum Gasteiger partial charge on any atom is 0.176 e. The number of fused-ring (bicyclic) bond motifs is 1. The Kier molecular flexibility index (Phi) is 2.99. The molecular formula is C16H11FO3. The summed E-state index contributed by atoms with van der Waals surface area (Å²) in [5.41, 5.74) is 1.84. The molecule has 3 aromatic rings. The van der Waals surface area contributed by atoms with Gasteiger partial charge in [0.15, 0.2) is 11.3 Å². The van der Waals surface area contributed by atoms with Crippen LogP contribution in [0.2, 0.25) is 0 Å². The van der Waals surface area contributed by atoms with Crippen LogP contribution in [0.3, 0.4) is 0 Å². The Morgan fingerprint density at radius 2 is 1.90 bits per heavy atom. The van der Waals surface area contributed by atoms with E-state index in [-0.39, 0.29) is 5.82 Å². The molecule has 0 bridgehead atoms. The third kappa shape index (κ3) is 2.05. The zero-order valence-electron chi connectivity index (χ0n) is 10.7. The molecule has 0 aliphatic rings. The third-order valence-corrected chi connectivity index (χ3v) is 3.09. The van der Waals surface area contributed by atoms with Crippen LogP contribution in [0.1, 0.15) is 10.4 Å². The Morgan fingerprint density at radius 3 is 2.55 bits per heavy atom. The van der Waals surface area contributed by atoms with Gasteiger partial charge in [0, 0.05) is 16.5 Å². The predicted octanol–water partition coefficient (Wildman–Crippen LogP) is 4.06. The fourth-order valence-electron chi connectivity index (χ4n) is 2.12. The molecule has 0 saturated carbocycles. The number of ether oxygens (including phenoxy) is 1. The summed E-state index contributed by atoms with van der Waals surface area (Å²) in [7, 11) is 1.52. The number of carbonyl (C=O) groups is 1. The number of hydrogen-bond donors (Lipinski definition) is 0. The van der Waals surface area contributed by atoms with E-state index in [9.17, 15) is 9.18 Å². The maximum absolute atomic E-state index is 12.9. The molecule has 0 radical (unpaired) electrons. The minimum Gasteiger partial charge on any atom is -0.493 e. The molecule has 0 fully saturated rings. The molecule has 2 aromatic carbocycles. The van der Waals surface area contributed by atoms with Crippen molar-refractivity contribution in [2.75, 3.05) is 7.11 Å². The van der Waals surface area contributed by atoms with Crippen molar-refractivity contribution in [2.45, 2.75) is 0 Å². The number of rotatable bonds is 3. The normalized spacial score (nSPS) is 10.7. The van der Waals surface area contributed by atoms with Crippen molar-refractivity contribution < 1.29 is 18.3 Å². The topological polar surface area (TPSA) is 39.4 Å². The first kappa shape index (κ1) is 12.4. The molecule has 0 amide bonds. The monoisotopic (exact) mass is 270 g/mol. The SMILES string of the molecule is COc1cc(C=O)cc2cc(-c3ccc(F)cc3)oc12. The number of aldehydes is 1. The zero-order valence-corrected chi connectivity index (χ0v) is 10.7. The highest BCUT2D eigenvalue weighted by Crippen LogP contribution is 2.34. The van der Waals surface area contributed by atoms with Gasteiger partial charge in [-0.3, -0.25) is 4.79 Å². The lowest BCUT2D eigenvalue weighted by Crippen LogP contribution is -1.86. The van der Waals surface area contributed by atoms with E-state index >= 15 is 0 Å². The molecule has 1 aromatic heterocycles. The van der Waals surface area contributed by atoms with Gasteiger partial charge in [-0.25, -0.2) is 4.39 Å². The molecule has 0 aliphatic heterocycles. The van der Waals surface area contributed by atoms with Crippen LogP contribution in [0.25, 0.3) is 22.3 Å². The Balaban J connectivity index is 2.19. The maximum atomic E-state index is 12.9. The highest BCUT2D eigenvalue weighted by Gasteiger charge is 2.12. The summed E-state index contributed by atoms with van der Waals surface area (Å²) in [4.78, 5) is 10.9. The summed E-state index contributed by atoms with van der Waals surface area (Å²) in [6.07, 6.45) is 0.756. The number of furan rings is 1. The molecule has 20 heavy (non-hydrogen) atoms. The molecule has 0 aliphatic carbocycles. The smallest absolute Gasteiger partial charge is 0.176 e. The standard InChI is InChI=1S/C16H11FO3/c1-19-15-7-10(9-18)6-12-8-14(20-16(12)15)11-2-4-13(17)5-3-11/h2-9H,1H3. The van der Waals surface area contributed by atoms with Crippen molar-refractivity contribution in [3.8, 4) is 17.1 Å². The number of methoxy groups -OCH3 is 1. The Labute approximate surface area is 114 Å². The fourth-order valence-corrected chi connectivity index (χ4v) is 2.12. The summed E-state index contributed by atoms with van der Waals surface area (Å²) in [6.45, 7) is 0. The Morgan fingerprint density at radius 1 is 1.15 bits per heavy atom. The van der Waals surface area contributed by atoms with E-state index in [0.717, 1.165) is 17.2 Å². The summed E-state index contributed by atoms with van der Waals surface area (Å²) in [5.74, 6) is 0.796. The van der Waals surface area contributed by atoms with Crippen molar-refractivity contribution in [1.82, 2.24) is 0 Å². The Bertz CT molecular complexity index is 772. The van der Waals surface area contributed by atoms with Crippen LogP contribution in [0.4, 0.5) is 4.39 Å². The minimum atomic E-state index is -0.300. The summed E-state index contributed by atoms with van der Waals surface area (Å²) in [6, 6.07) is 11.2. The third-order valence-electron chi connectivity index (χ3n) is 3.09. The molecule has 0 spiro atoms. The molecular weight excluding hydrogens is 259 g/mol. The van der Waals surface area contributed by atoms with Gasteiger partial charge in [-0.05, 0) is 42.5 Å². The average Bonchev–Trinajstić information content (AvgIpc) is 2.90. The molecule has 4 heteroatoms. The second kappa shape index (κ2) is 4.81. The largest absolute Gasteiger partial charge is 0.493 e. The van der Waals surface area contributed by atoms with Crippen molar-refractivity contribution in [1.29, 1.82) is 0 Å². The lowest BCUT2D eigenvalue weighted by Gasteiger charge is -2.01. The van der Waals surface area contributed by atoms with E-state index in [4.69, 9.17) is 9.15 Å². The highest BCUT2D eigenvalue weighted by molar-refractivity contribution is 5.92. The van der Waals surface area contributed by atoms with Gasteiger partial charge in [0.25, 0.3) is 0 Å². The molecule has 100 valence electrons. The van der Waals surface area contributed by atoms with Crippen LogP contribution < -0.4 is 4.74 Å². The van der Waals surface area contributed by atoms with Crippen molar-refractivity contribution in [3.63, 3.8) is 0 Å². The van der Waals surface area contributed by atoms with E-state index < -0.39 is 0 Å². The number of carbonyl (C=O) groups excluding carboxylic acids is 1. The van der Waals surface area contributed by atoms with Gasteiger partial charge < -0.3 is 9.15 Å². The van der Waals surface area contributed by atoms with Gasteiger partial charge in [0.1, 0.15) is 17.9 Å². The number of benzene rings is 2. The van der Waals surface area contributed by atoms with Crippen LogP contribution in [-0.4, -0.2) is 13.4 Å². The quantitative estimate of drug-likeness (QED) is 0.674. The van der Waals surface area contributed by atoms with Crippen LogP contribution >= 0.6 is 0 Å². The van der Waals surface area contributed by atoms with Crippen LogP contribution in [0, 0.1) is 5.82 Å². The molecule has 0 atom stereocenters. The average molecular weight is 270 g/mol. The molecule has 0 unspecified atom stereocenters. The van der Waals surface area contributed by atoms with E-state index in [1.54, 1.807) is 30.3 Å².